The number of carboxylic acid groups (broad SMARTS) is 1. The van der Waals surface area contributed by atoms with E-state index in [1.807, 2.05) is 19.1 Å². The Bertz CT molecular complexity index is 1120. The summed E-state index contributed by atoms with van der Waals surface area (Å²) < 4.78 is 10.4. The highest BCUT2D eigenvalue weighted by molar-refractivity contribution is 6.31. The van der Waals surface area contributed by atoms with Crippen LogP contribution in [0, 0.1) is 6.92 Å². The number of benzene rings is 2. The van der Waals surface area contributed by atoms with Crippen LogP contribution in [-0.4, -0.2) is 36.1 Å². The van der Waals surface area contributed by atoms with Gasteiger partial charge in [0.2, 0.25) is 11.8 Å². The second-order valence-electron chi connectivity index (χ2n) is 6.61. The van der Waals surface area contributed by atoms with Gasteiger partial charge in [-0.3, -0.25) is 9.59 Å². The van der Waals surface area contributed by atoms with Crippen LogP contribution < -0.4 is 10.6 Å². The third kappa shape index (κ3) is 6.18. The van der Waals surface area contributed by atoms with Crippen LogP contribution in [0.2, 0.25) is 5.02 Å². The summed E-state index contributed by atoms with van der Waals surface area (Å²) in [5, 5.41) is 14.5. The van der Waals surface area contributed by atoms with Crippen molar-refractivity contribution >= 4 is 40.8 Å². The zero-order chi connectivity index (χ0) is 22.4. The minimum absolute atomic E-state index is 0.0845. The number of rotatable bonds is 8. The minimum atomic E-state index is -1.23. The lowest BCUT2D eigenvalue weighted by Crippen LogP contribution is -2.24. The highest BCUT2D eigenvalue weighted by atomic mass is 35.5. The van der Waals surface area contributed by atoms with Crippen LogP contribution in [0.1, 0.15) is 16.1 Å². The Balaban J connectivity index is 1.50. The molecule has 2 aromatic carbocycles. The van der Waals surface area contributed by atoms with Gasteiger partial charge in [-0.2, -0.15) is 0 Å². The second-order valence-corrected chi connectivity index (χ2v) is 7.05. The van der Waals surface area contributed by atoms with E-state index in [4.69, 9.17) is 20.8 Å². The van der Waals surface area contributed by atoms with Gasteiger partial charge in [0, 0.05) is 16.3 Å². The van der Waals surface area contributed by atoms with Crippen LogP contribution >= 0.6 is 11.6 Å². The van der Waals surface area contributed by atoms with Crippen molar-refractivity contribution in [1.29, 1.82) is 0 Å². The highest BCUT2D eigenvalue weighted by Gasteiger charge is 2.14. The SMILES string of the molecule is Cc1cc(-c2cccc(NC(=O)COCC(=O)Nc3ccc(Cl)cc3C(=O)O)c2)co1. The maximum Gasteiger partial charge on any atom is 0.337 e. The van der Waals surface area contributed by atoms with Crippen molar-refractivity contribution in [3.8, 4) is 11.1 Å². The summed E-state index contributed by atoms with van der Waals surface area (Å²) in [6.07, 6.45) is 1.63. The summed E-state index contributed by atoms with van der Waals surface area (Å²) in [5.41, 5.74) is 2.28. The number of nitrogens with one attached hydrogen (secondary N) is 2. The Morgan fingerprint density at radius 1 is 1.00 bits per heavy atom. The van der Waals surface area contributed by atoms with Crippen LogP contribution in [0.4, 0.5) is 11.4 Å². The fourth-order valence-corrected chi connectivity index (χ4v) is 2.97. The highest BCUT2D eigenvalue weighted by Crippen LogP contribution is 2.24. The maximum atomic E-state index is 12.1. The third-order valence-corrected chi connectivity index (χ3v) is 4.40. The lowest BCUT2D eigenvalue weighted by Gasteiger charge is -2.10. The number of aryl methyl sites for hydroxylation is 1. The molecule has 3 aromatic rings. The number of carbonyl (C=O) groups is 3. The van der Waals surface area contributed by atoms with Crippen molar-refractivity contribution in [2.45, 2.75) is 6.92 Å². The molecule has 31 heavy (non-hydrogen) atoms. The molecule has 1 heterocycles. The lowest BCUT2D eigenvalue weighted by molar-refractivity contribution is -0.125. The number of hydrogen-bond acceptors (Lipinski definition) is 5. The molecular formula is C22H19ClN2O6. The Morgan fingerprint density at radius 2 is 1.74 bits per heavy atom. The molecule has 0 bridgehead atoms. The number of anilines is 2. The van der Waals surface area contributed by atoms with Crippen molar-refractivity contribution in [2.75, 3.05) is 23.8 Å². The Hall–Kier alpha value is -3.62. The van der Waals surface area contributed by atoms with Crippen LogP contribution in [0.25, 0.3) is 11.1 Å². The van der Waals surface area contributed by atoms with E-state index in [1.165, 1.54) is 18.2 Å². The summed E-state index contributed by atoms with van der Waals surface area (Å²) in [7, 11) is 0. The summed E-state index contributed by atoms with van der Waals surface area (Å²) in [5.74, 6) is -1.49. The van der Waals surface area contributed by atoms with Gasteiger partial charge in [-0.1, -0.05) is 23.7 Å². The first-order valence-corrected chi connectivity index (χ1v) is 9.55. The fourth-order valence-electron chi connectivity index (χ4n) is 2.79. The van der Waals surface area contributed by atoms with Crippen molar-refractivity contribution < 1.29 is 28.6 Å². The molecule has 0 aliphatic carbocycles. The summed E-state index contributed by atoms with van der Waals surface area (Å²) in [6, 6.07) is 13.2. The first-order valence-electron chi connectivity index (χ1n) is 9.17. The molecule has 2 amide bonds. The third-order valence-electron chi connectivity index (χ3n) is 4.16. The normalized spacial score (nSPS) is 10.5. The van der Waals surface area contributed by atoms with Gasteiger partial charge < -0.3 is 24.9 Å². The minimum Gasteiger partial charge on any atom is -0.478 e. The topological polar surface area (TPSA) is 118 Å². The van der Waals surface area contributed by atoms with Crippen LogP contribution in [0.5, 0.6) is 0 Å². The van der Waals surface area contributed by atoms with E-state index in [1.54, 1.807) is 24.5 Å². The first kappa shape index (κ1) is 22.1. The smallest absolute Gasteiger partial charge is 0.337 e. The predicted molar refractivity (Wildman–Crippen MR) is 115 cm³/mol. The number of carboxylic acids is 1. The van der Waals surface area contributed by atoms with Crippen LogP contribution in [-0.2, 0) is 14.3 Å². The molecule has 0 atom stereocenters. The van der Waals surface area contributed by atoms with Crippen LogP contribution in [0.3, 0.4) is 0 Å². The molecule has 8 nitrogen and oxygen atoms in total. The molecule has 0 saturated heterocycles. The van der Waals surface area contributed by atoms with E-state index >= 15 is 0 Å². The fraction of sp³-hybridized carbons (Fsp3) is 0.136. The number of furan rings is 1. The second kappa shape index (κ2) is 9.92. The largest absolute Gasteiger partial charge is 0.478 e. The van der Waals surface area contributed by atoms with Crippen molar-refractivity contribution in [3.63, 3.8) is 0 Å². The van der Waals surface area contributed by atoms with Gasteiger partial charge in [-0.05, 0) is 48.9 Å². The molecule has 0 spiro atoms. The molecule has 0 radical (unpaired) electrons. The van der Waals surface area contributed by atoms with Gasteiger partial charge in [0.05, 0.1) is 17.5 Å². The van der Waals surface area contributed by atoms with E-state index in [0.29, 0.717) is 5.69 Å². The van der Waals surface area contributed by atoms with E-state index in [0.717, 1.165) is 16.9 Å². The standard InChI is InChI=1S/C22H19ClN2O6/c1-13-7-15(10-31-13)14-3-2-4-17(8-14)24-20(26)11-30-12-21(27)25-19-6-5-16(23)9-18(19)22(28)29/h2-10H,11-12H2,1H3,(H,24,26)(H,25,27)(H,28,29). The van der Waals surface area contributed by atoms with E-state index < -0.39 is 24.4 Å². The van der Waals surface area contributed by atoms with Crippen molar-refractivity contribution in [1.82, 2.24) is 0 Å². The molecule has 9 heteroatoms. The molecule has 0 unspecified atom stereocenters. The Kier molecular flexibility index (Phi) is 7.07. The number of ether oxygens (including phenoxy) is 1. The van der Waals surface area contributed by atoms with Gasteiger partial charge in [0.25, 0.3) is 0 Å². The number of amides is 2. The molecule has 1 aromatic heterocycles. The monoisotopic (exact) mass is 442 g/mol. The summed E-state index contributed by atoms with van der Waals surface area (Å²) in [6.45, 7) is 1.07. The lowest BCUT2D eigenvalue weighted by atomic mass is 10.1. The average Bonchev–Trinajstić information content (AvgIpc) is 3.16. The zero-order valence-electron chi connectivity index (χ0n) is 16.5. The van der Waals surface area contributed by atoms with Gasteiger partial charge in [0.15, 0.2) is 0 Å². The maximum absolute atomic E-state index is 12.1. The first-order chi connectivity index (χ1) is 14.8. The van der Waals surface area contributed by atoms with Gasteiger partial charge >= 0.3 is 5.97 Å². The number of carbonyl (C=O) groups excluding carboxylic acids is 2. The quantitative estimate of drug-likeness (QED) is 0.481. The van der Waals surface area contributed by atoms with E-state index in [9.17, 15) is 19.5 Å². The summed E-state index contributed by atoms with van der Waals surface area (Å²) >= 11 is 5.78. The molecule has 0 fully saturated rings. The molecule has 160 valence electrons. The predicted octanol–water partition coefficient (Wildman–Crippen LogP) is 4.20. The zero-order valence-corrected chi connectivity index (χ0v) is 17.2. The van der Waals surface area contributed by atoms with Gasteiger partial charge in [-0.25, -0.2) is 4.79 Å². The molecule has 0 saturated carbocycles. The molecule has 3 rings (SSSR count). The van der Waals surface area contributed by atoms with Gasteiger partial charge in [-0.15, -0.1) is 0 Å². The molecule has 3 N–H and O–H groups in total. The molecule has 0 aliphatic heterocycles. The Labute approximate surface area is 182 Å². The van der Waals surface area contributed by atoms with E-state index in [2.05, 4.69) is 10.6 Å². The molecule has 0 aliphatic rings. The average molecular weight is 443 g/mol. The molecular weight excluding hydrogens is 424 g/mol. The van der Waals surface area contributed by atoms with E-state index in [-0.39, 0.29) is 22.9 Å². The van der Waals surface area contributed by atoms with Crippen molar-refractivity contribution in [3.05, 3.63) is 71.1 Å². The summed E-state index contributed by atoms with van der Waals surface area (Å²) in [4.78, 5) is 35.4. The van der Waals surface area contributed by atoms with Crippen molar-refractivity contribution in [2.24, 2.45) is 0 Å². The number of halogens is 1. The number of aromatic carboxylic acids is 1. The van der Waals surface area contributed by atoms with Gasteiger partial charge in [0.1, 0.15) is 19.0 Å². The number of hydrogen-bond donors (Lipinski definition) is 3. The Morgan fingerprint density at radius 3 is 2.42 bits per heavy atom. The van der Waals surface area contributed by atoms with Crippen LogP contribution in [0.15, 0.2) is 59.2 Å².